The molecule has 0 fully saturated rings. The molecule has 0 aliphatic rings. The van der Waals surface area contributed by atoms with Crippen LogP contribution in [-0.2, 0) is 32.7 Å². The van der Waals surface area contributed by atoms with Crippen LogP contribution in [-0.4, -0.2) is 45.1 Å². The van der Waals surface area contributed by atoms with Gasteiger partial charge in [-0.3, -0.25) is 7.32 Å². The Morgan fingerprint density at radius 2 is 1.00 bits per heavy atom. The van der Waals surface area contributed by atoms with E-state index < -0.39 is 7.32 Å². The number of hydrogen-bond acceptors (Lipinski definition) is 3. The molecule has 0 aromatic rings. The Morgan fingerprint density at radius 3 is 1.00 bits per heavy atom. The van der Waals surface area contributed by atoms with Crippen LogP contribution in [0.4, 0.5) is 0 Å². The average molecular weight is 188 g/mol. The third-order valence-electron chi connectivity index (χ3n) is 0. The first-order chi connectivity index (χ1) is 1.73. The second-order valence-corrected chi connectivity index (χ2v) is 0.289. The first-order valence-corrected chi connectivity index (χ1v) is 0.707. The quantitative estimate of drug-likeness (QED) is 0.361. The standard InChI is InChI=1S/BO3.Ca.Y/c2-1(3)4;;/q-3;+2;+3. The molecule has 0 aliphatic heterocycles. The monoisotopic (exact) mass is 188 g/mol. The molecule has 0 atom stereocenters. The molecule has 0 aromatic carbocycles. The van der Waals surface area contributed by atoms with Crippen LogP contribution < -0.4 is 15.1 Å². The van der Waals surface area contributed by atoms with Crippen molar-refractivity contribution in [1.82, 2.24) is 0 Å². The van der Waals surface area contributed by atoms with Gasteiger partial charge in [-0.05, 0) is 0 Å². The van der Waals surface area contributed by atoms with E-state index in [1.54, 1.807) is 0 Å². The van der Waals surface area contributed by atoms with Gasteiger partial charge in [0.2, 0.25) is 0 Å². The van der Waals surface area contributed by atoms with Gasteiger partial charge in [-0.15, -0.1) is 0 Å². The van der Waals surface area contributed by atoms with Gasteiger partial charge in [-0.1, -0.05) is 0 Å². The van der Waals surface area contributed by atoms with Gasteiger partial charge in [0.15, 0.2) is 0 Å². The molecule has 0 spiro atoms. The summed E-state index contributed by atoms with van der Waals surface area (Å²) in [4.78, 5) is 0. The van der Waals surface area contributed by atoms with Crippen LogP contribution in [0.25, 0.3) is 0 Å². The Bertz CT molecular complexity index is 15.5. The van der Waals surface area contributed by atoms with Gasteiger partial charge in [0.25, 0.3) is 0 Å². The molecule has 24 valence electrons. The van der Waals surface area contributed by atoms with Crippen LogP contribution in [0.3, 0.4) is 0 Å². The Balaban J connectivity index is -0.0000000450. The maximum absolute atomic E-state index is 8.42. The van der Waals surface area contributed by atoms with Gasteiger partial charge in [-0.25, -0.2) is 0 Å². The SMILES string of the molecule is [Ca+2].[O-]B([O-])[O-].[Y+3]. The van der Waals surface area contributed by atoms with Gasteiger partial charge in [0.05, 0.1) is 0 Å². The third-order valence-corrected chi connectivity index (χ3v) is 0. The first-order valence-electron chi connectivity index (χ1n) is 0.707. The van der Waals surface area contributed by atoms with E-state index in [0.717, 1.165) is 0 Å². The average Bonchev–Trinajstić information content (AvgIpc) is 0.811. The van der Waals surface area contributed by atoms with Crippen molar-refractivity contribution in [2.24, 2.45) is 0 Å². The van der Waals surface area contributed by atoms with Crippen molar-refractivity contribution in [3.63, 3.8) is 0 Å². The summed E-state index contributed by atoms with van der Waals surface area (Å²) in [6, 6.07) is 0. The molecule has 0 saturated heterocycles. The van der Waals surface area contributed by atoms with Crippen LogP contribution in [0.1, 0.15) is 0 Å². The molecular weight excluding hydrogens is 188 g/mol. The van der Waals surface area contributed by atoms with Crippen LogP contribution in [0.15, 0.2) is 0 Å². The second kappa shape index (κ2) is 10.3. The van der Waals surface area contributed by atoms with Gasteiger partial charge < -0.3 is 15.1 Å². The molecular formula is BCaO3Y+2. The predicted molar refractivity (Wildman–Crippen MR) is 11.5 cm³/mol. The molecule has 0 bridgehead atoms. The van der Waals surface area contributed by atoms with Gasteiger partial charge in [-0.2, -0.15) is 0 Å². The molecule has 0 aromatic heterocycles. The van der Waals surface area contributed by atoms with E-state index in [1.165, 1.54) is 0 Å². The summed E-state index contributed by atoms with van der Waals surface area (Å²) in [7, 11) is -2.92. The van der Waals surface area contributed by atoms with E-state index in [-0.39, 0.29) is 70.4 Å². The molecule has 6 heteroatoms. The summed E-state index contributed by atoms with van der Waals surface area (Å²) in [5, 5.41) is 25.2. The third kappa shape index (κ3) is 33.4. The van der Waals surface area contributed by atoms with Crippen LogP contribution in [0.2, 0.25) is 0 Å². The van der Waals surface area contributed by atoms with Crippen LogP contribution in [0, 0.1) is 0 Å². The molecule has 0 saturated carbocycles. The van der Waals surface area contributed by atoms with E-state index >= 15 is 0 Å². The molecule has 0 N–H and O–H groups in total. The molecule has 0 radical (unpaired) electrons. The predicted octanol–water partition coefficient (Wildman–Crippen LogP) is -4.33. The van der Waals surface area contributed by atoms with Gasteiger partial charge in [0.1, 0.15) is 0 Å². The minimum absolute atomic E-state index is 0. The number of hydrogen-bond donors (Lipinski definition) is 0. The zero-order valence-corrected chi connectivity index (χ0v) is 8.13. The van der Waals surface area contributed by atoms with E-state index in [0.29, 0.717) is 0 Å². The Kier molecular flexibility index (Phi) is 27.1. The van der Waals surface area contributed by atoms with Gasteiger partial charge >= 0.3 is 70.4 Å². The fourth-order valence-corrected chi connectivity index (χ4v) is 0. The minimum Gasteiger partial charge on any atom is -0.907 e. The number of rotatable bonds is 0. The summed E-state index contributed by atoms with van der Waals surface area (Å²) in [6.07, 6.45) is 0. The second-order valence-electron chi connectivity index (χ2n) is 0.289. The molecule has 3 nitrogen and oxygen atoms in total. The first kappa shape index (κ1) is 15.7. The van der Waals surface area contributed by atoms with Crippen LogP contribution in [0.5, 0.6) is 0 Å². The van der Waals surface area contributed by atoms with Crippen molar-refractivity contribution in [2.75, 3.05) is 0 Å². The van der Waals surface area contributed by atoms with Crippen molar-refractivity contribution in [1.29, 1.82) is 0 Å². The van der Waals surface area contributed by atoms with Crippen molar-refractivity contribution in [3.8, 4) is 0 Å². The summed E-state index contributed by atoms with van der Waals surface area (Å²) >= 11 is 0. The van der Waals surface area contributed by atoms with E-state index in [2.05, 4.69) is 0 Å². The largest absolute Gasteiger partial charge is 3.00 e. The van der Waals surface area contributed by atoms with Crippen LogP contribution >= 0.6 is 0 Å². The van der Waals surface area contributed by atoms with E-state index in [1.807, 2.05) is 0 Å². The maximum Gasteiger partial charge on any atom is 3.00 e. The zero-order chi connectivity index (χ0) is 3.58. The smallest absolute Gasteiger partial charge is 0.907 e. The maximum atomic E-state index is 8.42. The summed E-state index contributed by atoms with van der Waals surface area (Å²) in [5.41, 5.74) is 0. The molecule has 6 heavy (non-hydrogen) atoms. The Labute approximate surface area is 91.2 Å². The minimum atomic E-state index is -2.92. The molecule has 0 aliphatic carbocycles. The molecule has 0 rings (SSSR count). The molecule has 0 amide bonds. The van der Waals surface area contributed by atoms with Crippen molar-refractivity contribution < 1.29 is 47.8 Å². The fraction of sp³-hybridized carbons (Fsp3) is 0. The summed E-state index contributed by atoms with van der Waals surface area (Å²) in [6.45, 7) is 0. The molecule has 0 heterocycles. The van der Waals surface area contributed by atoms with E-state index in [9.17, 15) is 0 Å². The fourth-order valence-electron chi connectivity index (χ4n) is 0. The Morgan fingerprint density at radius 1 is 1.00 bits per heavy atom. The summed E-state index contributed by atoms with van der Waals surface area (Å²) < 4.78 is 0. The Hall–Kier alpha value is 2.31. The topological polar surface area (TPSA) is 69.2 Å². The van der Waals surface area contributed by atoms with E-state index in [4.69, 9.17) is 15.1 Å². The van der Waals surface area contributed by atoms with Crippen molar-refractivity contribution in [3.05, 3.63) is 0 Å². The summed E-state index contributed by atoms with van der Waals surface area (Å²) in [5.74, 6) is 0. The normalized spacial score (nSPS) is 4.50. The van der Waals surface area contributed by atoms with Crippen molar-refractivity contribution in [2.45, 2.75) is 0 Å². The van der Waals surface area contributed by atoms with Crippen molar-refractivity contribution >= 4 is 45.1 Å². The van der Waals surface area contributed by atoms with Gasteiger partial charge in [0, 0.05) is 0 Å². The molecule has 0 unspecified atom stereocenters. The zero-order valence-electron chi connectivity index (χ0n) is 3.09.